The van der Waals surface area contributed by atoms with Gasteiger partial charge in [0.1, 0.15) is 5.56 Å². The number of carbonyl (C=O) groups excluding carboxylic acids is 1. The van der Waals surface area contributed by atoms with Gasteiger partial charge in [0.2, 0.25) is 5.88 Å². The van der Waals surface area contributed by atoms with Crippen molar-refractivity contribution in [1.29, 1.82) is 0 Å². The third-order valence-corrected chi connectivity index (χ3v) is 5.27. The Kier molecular flexibility index (Phi) is 6.26. The Balaban J connectivity index is 1.71. The Hall–Kier alpha value is -1.66. The number of ether oxygens (including phenoxy) is 1. The van der Waals surface area contributed by atoms with Gasteiger partial charge in [0.05, 0.1) is 6.61 Å². The second-order valence-corrected chi connectivity index (χ2v) is 7.03. The van der Waals surface area contributed by atoms with Crippen molar-refractivity contribution in [3.8, 4) is 5.88 Å². The highest BCUT2D eigenvalue weighted by atomic mass is 16.5. The maximum absolute atomic E-state index is 13.1. The average Bonchev–Trinajstić information content (AvgIpc) is 2.89. The van der Waals surface area contributed by atoms with Gasteiger partial charge in [0.15, 0.2) is 0 Å². The molecule has 0 bridgehead atoms. The van der Waals surface area contributed by atoms with E-state index in [1.54, 1.807) is 6.20 Å². The van der Waals surface area contributed by atoms with E-state index in [0.717, 1.165) is 45.7 Å². The van der Waals surface area contributed by atoms with Crippen molar-refractivity contribution in [2.75, 3.05) is 52.9 Å². The molecule has 0 aromatic carbocycles. The van der Waals surface area contributed by atoms with E-state index in [9.17, 15) is 4.79 Å². The summed E-state index contributed by atoms with van der Waals surface area (Å²) in [6, 6.07) is 4.11. The number of likely N-dealkylation sites (tertiary alicyclic amines) is 1. The lowest BCUT2D eigenvalue weighted by atomic mass is 10.1. The Bertz CT molecular complexity index is 572. The molecular formula is C19H30N4O2. The smallest absolute Gasteiger partial charge is 0.259 e. The monoisotopic (exact) mass is 346 g/mol. The molecule has 6 heteroatoms. The average molecular weight is 346 g/mol. The molecule has 2 aliphatic rings. The van der Waals surface area contributed by atoms with Gasteiger partial charge in [-0.25, -0.2) is 4.98 Å². The summed E-state index contributed by atoms with van der Waals surface area (Å²) in [6.45, 7) is 8.48. The first-order chi connectivity index (χ1) is 12.2. The van der Waals surface area contributed by atoms with Crippen LogP contribution in [0.4, 0.5) is 0 Å². The van der Waals surface area contributed by atoms with E-state index < -0.39 is 0 Å². The number of pyridine rings is 1. The summed E-state index contributed by atoms with van der Waals surface area (Å²) in [5.74, 6) is 0.507. The minimum absolute atomic E-state index is 0.0533. The molecule has 1 atom stereocenters. The minimum atomic E-state index is 0.0533. The molecule has 1 aromatic rings. The second kappa shape index (κ2) is 8.63. The first-order valence-corrected chi connectivity index (χ1v) is 9.48. The molecule has 3 heterocycles. The topological polar surface area (TPSA) is 48.9 Å². The molecule has 3 rings (SSSR count). The van der Waals surface area contributed by atoms with Gasteiger partial charge >= 0.3 is 0 Å². The lowest BCUT2D eigenvalue weighted by molar-refractivity contribution is 0.0627. The van der Waals surface area contributed by atoms with Gasteiger partial charge in [-0.3, -0.25) is 9.69 Å². The molecule has 0 saturated carbocycles. The second-order valence-electron chi connectivity index (χ2n) is 7.03. The van der Waals surface area contributed by atoms with Crippen molar-refractivity contribution >= 4 is 5.91 Å². The number of carbonyl (C=O) groups is 1. The van der Waals surface area contributed by atoms with Gasteiger partial charge in [-0.15, -0.1) is 0 Å². The molecule has 1 amide bonds. The highest BCUT2D eigenvalue weighted by Crippen LogP contribution is 2.22. The lowest BCUT2D eigenvalue weighted by Gasteiger charge is -2.39. The first kappa shape index (κ1) is 18.1. The third-order valence-electron chi connectivity index (χ3n) is 5.27. The standard InChI is InChI=1S/C19H30N4O2/c1-3-25-18-17(8-6-9-20-18)19(24)23-10-5-4-7-16(15-23)22-13-11-21(2)12-14-22/h6,8-9,16H,3-5,7,10-15H2,1-2H3. The van der Waals surface area contributed by atoms with Crippen molar-refractivity contribution in [1.82, 2.24) is 19.7 Å². The number of hydrogen-bond donors (Lipinski definition) is 0. The maximum Gasteiger partial charge on any atom is 0.259 e. The van der Waals surface area contributed by atoms with Crippen molar-refractivity contribution in [3.05, 3.63) is 23.9 Å². The summed E-state index contributed by atoms with van der Waals surface area (Å²) in [4.78, 5) is 24.3. The molecule has 0 spiro atoms. The highest BCUT2D eigenvalue weighted by Gasteiger charge is 2.29. The molecule has 2 fully saturated rings. The van der Waals surface area contributed by atoms with Crippen molar-refractivity contribution in [2.45, 2.75) is 32.2 Å². The van der Waals surface area contributed by atoms with E-state index in [1.807, 2.05) is 24.0 Å². The zero-order valence-electron chi connectivity index (χ0n) is 15.5. The molecule has 25 heavy (non-hydrogen) atoms. The number of piperazine rings is 1. The van der Waals surface area contributed by atoms with Crippen LogP contribution in [0.2, 0.25) is 0 Å². The summed E-state index contributed by atoms with van der Waals surface area (Å²) >= 11 is 0. The van der Waals surface area contributed by atoms with E-state index in [2.05, 4.69) is 21.8 Å². The van der Waals surface area contributed by atoms with Gasteiger partial charge in [-0.05, 0) is 38.9 Å². The Morgan fingerprint density at radius 3 is 2.80 bits per heavy atom. The van der Waals surface area contributed by atoms with Gasteiger partial charge in [0.25, 0.3) is 5.91 Å². The predicted molar refractivity (Wildman–Crippen MR) is 98.0 cm³/mol. The SMILES string of the molecule is CCOc1ncccc1C(=O)N1CCCCC(N2CCN(C)CC2)C1. The molecule has 0 radical (unpaired) electrons. The minimum Gasteiger partial charge on any atom is -0.477 e. The van der Waals surface area contributed by atoms with Gasteiger partial charge < -0.3 is 14.5 Å². The Morgan fingerprint density at radius 2 is 2.04 bits per heavy atom. The van der Waals surface area contributed by atoms with Crippen LogP contribution in [0.3, 0.4) is 0 Å². The van der Waals surface area contributed by atoms with Crippen molar-refractivity contribution < 1.29 is 9.53 Å². The summed E-state index contributed by atoms with van der Waals surface area (Å²) in [5, 5.41) is 0. The number of likely N-dealkylation sites (N-methyl/N-ethyl adjacent to an activating group) is 1. The largest absolute Gasteiger partial charge is 0.477 e. The first-order valence-electron chi connectivity index (χ1n) is 9.48. The zero-order chi connectivity index (χ0) is 17.6. The highest BCUT2D eigenvalue weighted by molar-refractivity contribution is 5.96. The van der Waals surface area contributed by atoms with Crippen LogP contribution < -0.4 is 4.74 Å². The van der Waals surface area contributed by atoms with E-state index in [1.165, 1.54) is 12.8 Å². The Labute approximate surface area is 150 Å². The van der Waals surface area contributed by atoms with E-state index in [0.29, 0.717) is 24.1 Å². The summed E-state index contributed by atoms with van der Waals surface area (Å²) in [6.07, 6.45) is 5.11. The summed E-state index contributed by atoms with van der Waals surface area (Å²) < 4.78 is 5.56. The fraction of sp³-hybridized carbons (Fsp3) is 0.684. The molecule has 2 saturated heterocycles. The predicted octanol–water partition coefficient (Wildman–Crippen LogP) is 1.72. The molecule has 1 aromatic heterocycles. The van der Waals surface area contributed by atoms with Crippen LogP contribution in [-0.2, 0) is 0 Å². The normalized spacial score (nSPS) is 23.3. The van der Waals surface area contributed by atoms with Crippen molar-refractivity contribution in [2.24, 2.45) is 0 Å². The van der Waals surface area contributed by atoms with Crippen LogP contribution >= 0.6 is 0 Å². The molecule has 2 aliphatic heterocycles. The van der Waals surface area contributed by atoms with Crippen LogP contribution in [0.25, 0.3) is 0 Å². The van der Waals surface area contributed by atoms with Crippen molar-refractivity contribution in [3.63, 3.8) is 0 Å². The number of amides is 1. The summed E-state index contributed by atoms with van der Waals surface area (Å²) in [5.41, 5.74) is 0.586. The lowest BCUT2D eigenvalue weighted by Crippen LogP contribution is -2.52. The quantitative estimate of drug-likeness (QED) is 0.831. The third kappa shape index (κ3) is 4.50. The van der Waals surface area contributed by atoms with Crippen LogP contribution in [0.5, 0.6) is 5.88 Å². The van der Waals surface area contributed by atoms with Crippen LogP contribution in [-0.4, -0.2) is 84.6 Å². The summed E-state index contributed by atoms with van der Waals surface area (Å²) in [7, 11) is 2.18. The van der Waals surface area contributed by atoms with Crippen LogP contribution in [0, 0.1) is 0 Å². The van der Waals surface area contributed by atoms with E-state index >= 15 is 0 Å². The molecule has 138 valence electrons. The fourth-order valence-electron chi connectivity index (χ4n) is 3.76. The van der Waals surface area contributed by atoms with Crippen LogP contribution in [0.15, 0.2) is 18.3 Å². The maximum atomic E-state index is 13.1. The molecule has 0 aliphatic carbocycles. The van der Waals surface area contributed by atoms with E-state index in [-0.39, 0.29) is 5.91 Å². The number of aromatic nitrogens is 1. The number of nitrogens with zero attached hydrogens (tertiary/aromatic N) is 4. The Morgan fingerprint density at radius 1 is 1.24 bits per heavy atom. The molecule has 1 unspecified atom stereocenters. The molecule has 6 nitrogen and oxygen atoms in total. The van der Waals surface area contributed by atoms with E-state index in [4.69, 9.17) is 4.74 Å². The fourth-order valence-corrected chi connectivity index (χ4v) is 3.76. The zero-order valence-corrected chi connectivity index (χ0v) is 15.5. The molecular weight excluding hydrogens is 316 g/mol. The van der Waals surface area contributed by atoms with Crippen LogP contribution in [0.1, 0.15) is 36.5 Å². The molecule has 0 N–H and O–H groups in total. The van der Waals surface area contributed by atoms with Gasteiger partial charge in [-0.2, -0.15) is 0 Å². The number of hydrogen-bond acceptors (Lipinski definition) is 5. The number of rotatable bonds is 4. The van der Waals surface area contributed by atoms with Gasteiger partial charge in [-0.1, -0.05) is 6.42 Å². The van der Waals surface area contributed by atoms with Gasteiger partial charge in [0, 0.05) is 51.5 Å².